The molecule has 2 rings (SSSR count). The molecule has 0 aliphatic rings. The van der Waals surface area contributed by atoms with E-state index in [1.807, 2.05) is 0 Å². The molecular formula is C12H5F6NO2S. The predicted molar refractivity (Wildman–Crippen MR) is 63.4 cm³/mol. The number of anilines is 1. The Labute approximate surface area is 120 Å². The van der Waals surface area contributed by atoms with Crippen LogP contribution in [0, 0.1) is 34.9 Å². The highest BCUT2D eigenvalue weighted by Crippen LogP contribution is 2.27. The third kappa shape index (κ3) is 2.86. The molecule has 0 fully saturated rings. The third-order valence-corrected chi connectivity index (χ3v) is 3.90. The van der Waals surface area contributed by atoms with Crippen molar-refractivity contribution in [1.29, 1.82) is 0 Å². The Balaban J connectivity index is 2.57. The predicted octanol–water partition coefficient (Wildman–Crippen LogP) is 3.32. The zero-order valence-electron chi connectivity index (χ0n) is 10.3. The lowest BCUT2D eigenvalue weighted by Crippen LogP contribution is -2.18. The fourth-order valence-corrected chi connectivity index (χ4v) is 2.69. The minimum Gasteiger partial charge on any atom is -0.274 e. The number of benzene rings is 2. The summed E-state index contributed by atoms with van der Waals surface area (Å²) in [4.78, 5) is -1.28. The topological polar surface area (TPSA) is 46.2 Å². The molecule has 118 valence electrons. The normalized spacial score (nSPS) is 11.5. The summed E-state index contributed by atoms with van der Waals surface area (Å²) in [7, 11) is -5.02. The molecule has 0 aliphatic carbocycles. The highest BCUT2D eigenvalue weighted by atomic mass is 32.2. The number of hydrogen-bond acceptors (Lipinski definition) is 2. The number of nitrogens with one attached hydrogen (secondary N) is 1. The van der Waals surface area contributed by atoms with E-state index in [0.29, 0.717) is 12.1 Å². The Morgan fingerprint density at radius 3 is 1.86 bits per heavy atom. The van der Waals surface area contributed by atoms with Crippen LogP contribution in [-0.4, -0.2) is 8.42 Å². The number of sulfonamides is 1. The molecule has 0 radical (unpaired) electrons. The molecule has 3 nitrogen and oxygen atoms in total. The van der Waals surface area contributed by atoms with Crippen LogP contribution in [0.2, 0.25) is 0 Å². The quantitative estimate of drug-likeness (QED) is 0.688. The molecule has 0 bridgehead atoms. The van der Waals surface area contributed by atoms with Gasteiger partial charge in [-0.25, -0.2) is 34.8 Å². The summed E-state index contributed by atoms with van der Waals surface area (Å²) >= 11 is 0. The maximum absolute atomic E-state index is 13.4. The summed E-state index contributed by atoms with van der Waals surface area (Å²) in [5, 5.41) is 0. The average molecular weight is 341 g/mol. The van der Waals surface area contributed by atoms with Gasteiger partial charge in [0, 0.05) is 6.07 Å². The summed E-state index contributed by atoms with van der Waals surface area (Å²) in [5.74, 6) is -10.4. The van der Waals surface area contributed by atoms with Crippen molar-refractivity contribution in [2.75, 3.05) is 4.72 Å². The summed E-state index contributed by atoms with van der Waals surface area (Å²) in [5.41, 5.74) is -1.68. The van der Waals surface area contributed by atoms with Crippen LogP contribution in [0.3, 0.4) is 0 Å². The van der Waals surface area contributed by atoms with Gasteiger partial charge in [-0.2, -0.15) is 0 Å². The van der Waals surface area contributed by atoms with Crippen molar-refractivity contribution in [1.82, 2.24) is 0 Å². The van der Waals surface area contributed by atoms with Crippen LogP contribution >= 0.6 is 0 Å². The summed E-state index contributed by atoms with van der Waals surface area (Å²) in [6.45, 7) is 0. The van der Waals surface area contributed by atoms with Gasteiger partial charge in [0.2, 0.25) is 0 Å². The Kier molecular flexibility index (Phi) is 4.05. The first kappa shape index (κ1) is 16.1. The van der Waals surface area contributed by atoms with Crippen LogP contribution in [0.25, 0.3) is 0 Å². The molecule has 1 N–H and O–H groups in total. The molecule has 0 saturated carbocycles. The van der Waals surface area contributed by atoms with E-state index in [1.165, 1.54) is 0 Å². The van der Waals surface area contributed by atoms with E-state index in [9.17, 15) is 34.8 Å². The number of hydrogen-bond donors (Lipinski definition) is 1. The Morgan fingerprint density at radius 1 is 0.773 bits per heavy atom. The van der Waals surface area contributed by atoms with Crippen LogP contribution in [0.15, 0.2) is 29.2 Å². The monoisotopic (exact) mass is 341 g/mol. The van der Waals surface area contributed by atoms with E-state index in [4.69, 9.17) is 0 Å². The molecule has 0 spiro atoms. The third-order valence-electron chi connectivity index (χ3n) is 2.53. The lowest BCUT2D eigenvalue weighted by molar-refractivity contribution is 0.459. The molecule has 0 saturated heterocycles. The van der Waals surface area contributed by atoms with E-state index < -0.39 is 55.5 Å². The molecule has 22 heavy (non-hydrogen) atoms. The van der Waals surface area contributed by atoms with Crippen molar-refractivity contribution < 1.29 is 34.8 Å². The van der Waals surface area contributed by atoms with E-state index in [0.717, 1.165) is 4.72 Å². The highest BCUT2D eigenvalue weighted by molar-refractivity contribution is 7.92. The summed E-state index contributed by atoms with van der Waals surface area (Å²) < 4.78 is 104. The van der Waals surface area contributed by atoms with Crippen LogP contribution in [0.4, 0.5) is 32.0 Å². The first-order valence-electron chi connectivity index (χ1n) is 5.44. The zero-order chi connectivity index (χ0) is 16.7. The minimum atomic E-state index is -5.02. The summed E-state index contributed by atoms with van der Waals surface area (Å²) in [6, 6.07) is 1.18. The molecule has 0 amide bonds. The standard InChI is InChI=1S/C12H5F6NO2S/c13-5-1-2-6(14)9(3-5)22(20,21)19-12-10(17)7(15)4-8(16)11(12)18/h1-4,19H. The maximum Gasteiger partial charge on any atom is 0.265 e. The molecule has 0 unspecified atom stereocenters. The van der Waals surface area contributed by atoms with E-state index in [-0.39, 0.29) is 12.1 Å². The molecule has 0 heterocycles. The molecular weight excluding hydrogens is 336 g/mol. The van der Waals surface area contributed by atoms with Crippen LogP contribution < -0.4 is 4.72 Å². The van der Waals surface area contributed by atoms with Crippen molar-refractivity contribution in [3.63, 3.8) is 0 Å². The van der Waals surface area contributed by atoms with Gasteiger partial charge in [-0.1, -0.05) is 0 Å². The molecule has 0 atom stereocenters. The molecule has 0 aliphatic heterocycles. The lowest BCUT2D eigenvalue weighted by Gasteiger charge is -2.11. The second kappa shape index (κ2) is 5.52. The van der Waals surface area contributed by atoms with Crippen molar-refractivity contribution in [3.8, 4) is 0 Å². The van der Waals surface area contributed by atoms with E-state index >= 15 is 0 Å². The van der Waals surface area contributed by atoms with Crippen molar-refractivity contribution in [2.45, 2.75) is 4.90 Å². The minimum absolute atomic E-state index is 0.134. The fourth-order valence-electron chi connectivity index (χ4n) is 1.54. The molecule has 2 aromatic rings. The molecule has 0 aromatic heterocycles. The average Bonchev–Trinajstić information content (AvgIpc) is 2.44. The number of rotatable bonds is 3. The molecule has 2 aromatic carbocycles. The van der Waals surface area contributed by atoms with Crippen molar-refractivity contribution in [3.05, 3.63) is 59.2 Å². The SMILES string of the molecule is O=S(=O)(Nc1c(F)c(F)cc(F)c1F)c1cc(F)ccc1F. The fraction of sp³-hybridized carbons (Fsp3) is 0. The van der Waals surface area contributed by atoms with Gasteiger partial charge < -0.3 is 0 Å². The van der Waals surface area contributed by atoms with Gasteiger partial charge in [0.05, 0.1) is 0 Å². The van der Waals surface area contributed by atoms with Gasteiger partial charge in [-0.3, -0.25) is 4.72 Å². The smallest absolute Gasteiger partial charge is 0.265 e. The Hall–Kier alpha value is -2.23. The molecule has 10 heteroatoms. The highest BCUT2D eigenvalue weighted by Gasteiger charge is 2.26. The van der Waals surface area contributed by atoms with Gasteiger partial charge >= 0.3 is 0 Å². The van der Waals surface area contributed by atoms with Crippen LogP contribution in [0.1, 0.15) is 0 Å². The second-order valence-corrected chi connectivity index (χ2v) is 5.67. The Bertz CT molecular complexity index is 827. The summed E-state index contributed by atoms with van der Waals surface area (Å²) in [6.07, 6.45) is 0. The largest absolute Gasteiger partial charge is 0.274 e. The number of halogens is 6. The van der Waals surface area contributed by atoms with Gasteiger partial charge in [0.25, 0.3) is 10.0 Å². The Morgan fingerprint density at radius 2 is 1.32 bits per heavy atom. The first-order chi connectivity index (χ1) is 10.1. The van der Waals surface area contributed by atoms with Crippen LogP contribution in [0.5, 0.6) is 0 Å². The lowest BCUT2D eigenvalue weighted by atomic mass is 10.3. The first-order valence-corrected chi connectivity index (χ1v) is 6.92. The zero-order valence-corrected chi connectivity index (χ0v) is 11.1. The second-order valence-electron chi connectivity index (χ2n) is 4.02. The van der Waals surface area contributed by atoms with Gasteiger partial charge in [0.1, 0.15) is 22.2 Å². The van der Waals surface area contributed by atoms with Gasteiger partial charge in [-0.15, -0.1) is 0 Å². The van der Waals surface area contributed by atoms with Crippen LogP contribution in [-0.2, 0) is 10.0 Å². The van der Waals surface area contributed by atoms with Crippen molar-refractivity contribution in [2.24, 2.45) is 0 Å². The van der Waals surface area contributed by atoms with E-state index in [2.05, 4.69) is 0 Å². The van der Waals surface area contributed by atoms with E-state index in [1.54, 1.807) is 0 Å². The van der Waals surface area contributed by atoms with Gasteiger partial charge in [0.15, 0.2) is 23.3 Å². The maximum atomic E-state index is 13.4. The van der Waals surface area contributed by atoms with Gasteiger partial charge in [-0.05, 0) is 18.2 Å². The van der Waals surface area contributed by atoms with Crippen molar-refractivity contribution >= 4 is 15.7 Å².